The van der Waals surface area contributed by atoms with Crippen molar-refractivity contribution in [3.05, 3.63) is 6.92 Å². The molecule has 56 valence electrons. The van der Waals surface area contributed by atoms with Gasteiger partial charge in [-0.15, -0.1) is 0 Å². The van der Waals surface area contributed by atoms with Gasteiger partial charge < -0.3 is 28.8 Å². The van der Waals surface area contributed by atoms with Gasteiger partial charge in [0, 0.05) is 0 Å². The Hall–Kier alpha value is 0.976. The molecule has 1 rings (SSSR count). The molecule has 0 aromatic carbocycles. The molecular weight excluding hydrogens is 164 g/mol. The van der Waals surface area contributed by atoms with Crippen LogP contribution < -0.4 is 12.4 Å². The fraction of sp³-hybridized carbons (Fsp3) is 0.833. The normalized spacial score (nSPS) is 17.7. The van der Waals surface area contributed by atoms with Crippen LogP contribution in [0.5, 0.6) is 0 Å². The molecule has 0 radical (unpaired) electrons. The molecule has 0 atom stereocenters. The summed E-state index contributed by atoms with van der Waals surface area (Å²) in [6.07, 6.45) is 1.87. The van der Waals surface area contributed by atoms with Crippen molar-refractivity contribution in [1.29, 1.82) is 0 Å². The van der Waals surface area contributed by atoms with E-state index in [1.54, 1.807) is 0 Å². The van der Waals surface area contributed by atoms with E-state index in [9.17, 15) is 0 Å². The first kappa shape index (κ1) is 13.6. The molecule has 2 nitrogen and oxygen atoms in total. The Balaban J connectivity index is 0. The number of ether oxygens (including phenoxy) is 2. The fourth-order valence-electron chi connectivity index (χ4n) is 0.741. The van der Waals surface area contributed by atoms with Gasteiger partial charge in [0.25, 0.3) is 0 Å². The maximum Gasteiger partial charge on any atom is 2.00 e. The van der Waals surface area contributed by atoms with E-state index in [4.69, 9.17) is 9.47 Å². The monoisotopic (exact) mass is 174 g/mol. The largest absolute Gasteiger partial charge is 2.00 e. The Morgan fingerprint density at radius 2 is 1.80 bits per heavy atom. The van der Waals surface area contributed by atoms with Crippen molar-refractivity contribution >= 4 is 23.1 Å². The van der Waals surface area contributed by atoms with Gasteiger partial charge in [0.15, 0.2) is 6.29 Å². The molecule has 0 saturated carbocycles. The van der Waals surface area contributed by atoms with Gasteiger partial charge in [-0.2, -0.15) is 6.42 Å². The first-order chi connectivity index (χ1) is 3.93. The Morgan fingerprint density at radius 1 is 1.30 bits per heavy atom. The second-order valence-corrected chi connectivity index (χ2v) is 1.81. The third kappa shape index (κ3) is 4.74. The van der Waals surface area contributed by atoms with Crippen molar-refractivity contribution in [2.75, 3.05) is 13.2 Å². The van der Waals surface area contributed by atoms with E-state index in [-0.39, 0.29) is 41.7 Å². The second kappa shape index (κ2) is 8.08. The number of hydrogen-bond acceptors (Lipinski definition) is 2. The van der Waals surface area contributed by atoms with Crippen LogP contribution in [-0.4, -0.2) is 42.6 Å². The molecule has 0 N–H and O–H groups in total. The Kier molecular flexibility index (Phi) is 11.0. The molecule has 0 aromatic rings. The minimum atomic E-state index is 0. The van der Waals surface area contributed by atoms with E-state index in [1.807, 2.05) is 0 Å². The molecular formula is C6H11ClMgO2. The van der Waals surface area contributed by atoms with E-state index in [0.29, 0.717) is 0 Å². The summed E-state index contributed by atoms with van der Waals surface area (Å²) in [5.74, 6) is 0. The third-order valence-corrected chi connectivity index (χ3v) is 1.13. The van der Waals surface area contributed by atoms with Gasteiger partial charge in [0.1, 0.15) is 0 Å². The zero-order valence-electron chi connectivity index (χ0n) is 6.01. The molecule has 1 fully saturated rings. The molecule has 10 heavy (non-hydrogen) atoms. The number of rotatable bonds is 2. The van der Waals surface area contributed by atoms with Crippen molar-refractivity contribution in [3.8, 4) is 0 Å². The van der Waals surface area contributed by atoms with Gasteiger partial charge in [-0.1, -0.05) is 0 Å². The maximum absolute atomic E-state index is 5.13. The van der Waals surface area contributed by atoms with Crippen LogP contribution in [0.4, 0.5) is 0 Å². The molecule has 0 spiro atoms. The van der Waals surface area contributed by atoms with Crippen LogP contribution in [-0.2, 0) is 9.47 Å². The van der Waals surface area contributed by atoms with Gasteiger partial charge >= 0.3 is 23.1 Å². The topological polar surface area (TPSA) is 18.5 Å². The average molecular weight is 175 g/mol. The molecule has 4 heteroatoms. The third-order valence-electron chi connectivity index (χ3n) is 1.13. The summed E-state index contributed by atoms with van der Waals surface area (Å²) < 4.78 is 10.3. The van der Waals surface area contributed by atoms with Gasteiger partial charge in [0.05, 0.1) is 13.2 Å². The zero-order chi connectivity index (χ0) is 5.82. The first-order valence-electron chi connectivity index (χ1n) is 2.96. The van der Waals surface area contributed by atoms with Crippen molar-refractivity contribution < 1.29 is 21.9 Å². The molecule has 0 amide bonds. The van der Waals surface area contributed by atoms with E-state index in [2.05, 4.69) is 6.92 Å². The van der Waals surface area contributed by atoms with Crippen LogP contribution in [0.15, 0.2) is 0 Å². The summed E-state index contributed by atoms with van der Waals surface area (Å²) in [5.41, 5.74) is 0. The minimum Gasteiger partial charge on any atom is -1.00 e. The summed E-state index contributed by atoms with van der Waals surface area (Å²) in [7, 11) is 0. The molecule has 1 aliphatic rings. The standard InChI is InChI=1S/C6H11O2.ClH.Mg/c1-2-3-6-7-4-5-8-6;;/h6H,1-5H2;1H;/q-1;;+2/p-1. The van der Waals surface area contributed by atoms with Gasteiger partial charge in [-0.05, 0) is 6.42 Å². The Labute approximate surface area is 84.2 Å². The minimum absolute atomic E-state index is 0. The van der Waals surface area contributed by atoms with E-state index in [1.165, 1.54) is 0 Å². The van der Waals surface area contributed by atoms with E-state index in [0.717, 1.165) is 26.1 Å². The van der Waals surface area contributed by atoms with Crippen molar-refractivity contribution in [1.82, 2.24) is 0 Å². The van der Waals surface area contributed by atoms with Crippen LogP contribution in [0.3, 0.4) is 0 Å². The second-order valence-electron chi connectivity index (χ2n) is 1.81. The van der Waals surface area contributed by atoms with Gasteiger partial charge in [-0.25, -0.2) is 0 Å². The molecule has 0 unspecified atom stereocenters. The molecule has 1 heterocycles. The van der Waals surface area contributed by atoms with Crippen LogP contribution in [0, 0.1) is 6.92 Å². The zero-order valence-corrected chi connectivity index (χ0v) is 8.18. The predicted molar refractivity (Wildman–Crippen MR) is 36.0 cm³/mol. The summed E-state index contributed by atoms with van der Waals surface area (Å²) in [5, 5.41) is 0. The summed E-state index contributed by atoms with van der Waals surface area (Å²) >= 11 is 0. The quantitative estimate of drug-likeness (QED) is 0.344. The molecule has 0 aliphatic carbocycles. The van der Waals surface area contributed by atoms with Crippen molar-refractivity contribution in [2.24, 2.45) is 0 Å². The summed E-state index contributed by atoms with van der Waals surface area (Å²) in [6, 6.07) is 0. The molecule has 0 aromatic heterocycles. The van der Waals surface area contributed by atoms with E-state index < -0.39 is 0 Å². The molecule has 1 saturated heterocycles. The average Bonchev–Trinajstić information content (AvgIpc) is 2.19. The van der Waals surface area contributed by atoms with Crippen LogP contribution >= 0.6 is 0 Å². The summed E-state index contributed by atoms with van der Waals surface area (Å²) in [6.45, 7) is 5.20. The summed E-state index contributed by atoms with van der Waals surface area (Å²) in [4.78, 5) is 0. The van der Waals surface area contributed by atoms with Crippen molar-refractivity contribution in [2.45, 2.75) is 19.1 Å². The predicted octanol–water partition coefficient (Wildman–Crippen LogP) is -2.40. The van der Waals surface area contributed by atoms with Crippen LogP contribution in [0.1, 0.15) is 12.8 Å². The number of hydrogen-bond donors (Lipinski definition) is 0. The van der Waals surface area contributed by atoms with Crippen molar-refractivity contribution in [3.63, 3.8) is 0 Å². The fourth-order valence-corrected chi connectivity index (χ4v) is 0.741. The Morgan fingerprint density at radius 3 is 2.20 bits per heavy atom. The maximum atomic E-state index is 5.13. The van der Waals surface area contributed by atoms with Gasteiger partial charge in [-0.3, -0.25) is 0 Å². The van der Waals surface area contributed by atoms with E-state index >= 15 is 0 Å². The SMILES string of the molecule is [CH2-]CCC1OCCO1.[Cl-].[Mg+2]. The first-order valence-corrected chi connectivity index (χ1v) is 2.96. The molecule has 0 bridgehead atoms. The van der Waals surface area contributed by atoms with Gasteiger partial charge in [0.2, 0.25) is 0 Å². The van der Waals surface area contributed by atoms with Crippen LogP contribution in [0.25, 0.3) is 0 Å². The Bertz CT molecular complexity index is 66.8. The number of halogens is 1. The smallest absolute Gasteiger partial charge is 1.00 e. The van der Waals surface area contributed by atoms with Crippen LogP contribution in [0.2, 0.25) is 0 Å². The molecule has 1 aliphatic heterocycles.